The number of carbonyl (C=O) groups is 1. The van der Waals surface area contributed by atoms with Crippen LogP contribution in [0.3, 0.4) is 0 Å². The molecule has 2 N–H and O–H groups in total. The Balaban J connectivity index is 0.00000128. The number of piperazine rings is 1. The molecule has 0 spiro atoms. The normalized spacial score (nSPS) is 20.4. The Kier molecular flexibility index (Phi) is 4.38. The maximum absolute atomic E-state index is 12.2. The zero-order valence-electron chi connectivity index (χ0n) is 9.62. The third-order valence-electron chi connectivity index (χ3n) is 2.95. The van der Waals surface area contributed by atoms with E-state index < -0.39 is 0 Å². The molecule has 90 valence electrons. The predicted octanol–water partition coefficient (Wildman–Crippen LogP) is 1.18. The molecule has 2 heterocycles. The van der Waals surface area contributed by atoms with Crippen molar-refractivity contribution < 1.29 is 4.79 Å². The van der Waals surface area contributed by atoms with Gasteiger partial charge in [0.2, 0.25) is 0 Å². The molecule has 0 radical (unpaired) electrons. The second kappa shape index (κ2) is 5.37. The maximum atomic E-state index is 12.2. The molecule has 1 fully saturated rings. The molecular weight excluding hydrogens is 226 g/mol. The lowest BCUT2D eigenvalue weighted by molar-refractivity contribution is 0.0655. The summed E-state index contributed by atoms with van der Waals surface area (Å²) in [6.45, 7) is 6.57. The Bertz CT molecular complexity index is 364. The molecular formula is C11H18ClN3O. The van der Waals surface area contributed by atoms with Crippen LogP contribution in [0.25, 0.3) is 0 Å². The molecule has 0 bridgehead atoms. The van der Waals surface area contributed by atoms with E-state index in [1.807, 2.05) is 24.1 Å². The topological polar surface area (TPSA) is 48.1 Å². The lowest BCUT2D eigenvalue weighted by Crippen LogP contribution is -2.52. The number of amides is 1. The first-order chi connectivity index (χ1) is 7.20. The highest BCUT2D eigenvalue weighted by atomic mass is 35.5. The molecule has 1 aromatic heterocycles. The largest absolute Gasteiger partial charge is 0.365 e. The van der Waals surface area contributed by atoms with Crippen molar-refractivity contribution in [2.75, 3.05) is 19.6 Å². The van der Waals surface area contributed by atoms with Gasteiger partial charge in [-0.2, -0.15) is 0 Å². The first-order valence-electron chi connectivity index (χ1n) is 5.36. The van der Waals surface area contributed by atoms with Gasteiger partial charge in [-0.3, -0.25) is 4.79 Å². The first kappa shape index (κ1) is 13.1. The monoisotopic (exact) mass is 243 g/mol. The minimum atomic E-state index is 0. The molecule has 1 amide bonds. The number of aromatic amines is 1. The van der Waals surface area contributed by atoms with Crippen LogP contribution >= 0.6 is 12.4 Å². The Morgan fingerprint density at radius 2 is 2.31 bits per heavy atom. The molecule has 2 rings (SSSR count). The number of nitrogens with zero attached hydrogens (tertiary/aromatic N) is 1. The molecule has 1 aliphatic rings. The number of H-pyrrole nitrogens is 1. The van der Waals surface area contributed by atoms with Crippen molar-refractivity contribution in [1.29, 1.82) is 0 Å². The number of halogens is 1. The van der Waals surface area contributed by atoms with Crippen LogP contribution in [0, 0.1) is 6.92 Å². The van der Waals surface area contributed by atoms with E-state index in [4.69, 9.17) is 0 Å². The molecule has 0 aliphatic carbocycles. The Morgan fingerprint density at radius 3 is 2.88 bits per heavy atom. The van der Waals surface area contributed by atoms with Gasteiger partial charge in [0.25, 0.3) is 5.91 Å². The number of aryl methyl sites for hydroxylation is 1. The summed E-state index contributed by atoms with van der Waals surface area (Å²) in [6.07, 6.45) is 1.81. The fourth-order valence-electron chi connectivity index (χ4n) is 1.98. The molecule has 1 saturated heterocycles. The Hall–Kier alpha value is -1.00. The summed E-state index contributed by atoms with van der Waals surface area (Å²) in [5, 5.41) is 3.28. The molecule has 16 heavy (non-hydrogen) atoms. The highest BCUT2D eigenvalue weighted by Gasteiger charge is 2.25. The summed E-state index contributed by atoms with van der Waals surface area (Å²) in [6, 6.07) is 2.13. The first-order valence-corrected chi connectivity index (χ1v) is 5.36. The van der Waals surface area contributed by atoms with Crippen molar-refractivity contribution in [3.8, 4) is 0 Å². The average Bonchev–Trinajstić information content (AvgIpc) is 2.64. The van der Waals surface area contributed by atoms with E-state index in [-0.39, 0.29) is 24.4 Å². The molecule has 1 atom stereocenters. The van der Waals surface area contributed by atoms with Gasteiger partial charge in [-0.25, -0.2) is 0 Å². The van der Waals surface area contributed by atoms with Crippen LogP contribution in [0.4, 0.5) is 0 Å². The van der Waals surface area contributed by atoms with Gasteiger partial charge in [0.1, 0.15) is 0 Å². The van der Waals surface area contributed by atoms with Gasteiger partial charge < -0.3 is 15.2 Å². The molecule has 5 heteroatoms. The van der Waals surface area contributed by atoms with E-state index in [9.17, 15) is 4.79 Å². The molecule has 0 aromatic carbocycles. The second-order valence-electron chi connectivity index (χ2n) is 4.07. The molecule has 1 aromatic rings. The zero-order chi connectivity index (χ0) is 10.8. The number of hydrogen-bond acceptors (Lipinski definition) is 2. The van der Waals surface area contributed by atoms with Gasteiger partial charge in [-0.15, -0.1) is 12.4 Å². The number of carbonyl (C=O) groups excluding carboxylic acids is 1. The second-order valence-corrected chi connectivity index (χ2v) is 4.07. The van der Waals surface area contributed by atoms with Gasteiger partial charge in [0.05, 0.1) is 5.56 Å². The van der Waals surface area contributed by atoms with Gasteiger partial charge in [-0.1, -0.05) is 0 Å². The van der Waals surface area contributed by atoms with E-state index in [0.29, 0.717) is 0 Å². The summed E-state index contributed by atoms with van der Waals surface area (Å²) >= 11 is 0. The third-order valence-corrected chi connectivity index (χ3v) is 2.95. The summed E-state index contributed by atoms with van der Waals surface area (Å²) in [4.78, 5) is 17.1. The molecule has 4 nitrogen and oxygen atoms in total. The zero-order valence-corrected chi connectivity index (χ0v) is 10.4. The number of rotatable bonds is 1. The van der Waals surface area contributed by atoms with E-state index in [0.717, 1.165) is 30.9 Å². The minimum Gasteiger partial charge on any atom is -0.365 e. The number of aromatic nitrogens is 1. The summed E-state index contributed by atoms with van der Waals surface area (Å²) in [7, 11) is 0. The van der Waals surface area contributed by atoms with E-state index >= 15 is 0 Å². The van der Waals surface area contributed by atoms with Gasteiger partial charge >= 0.3 is 0 Å². The average molecular weight is 244 g/mol. The van der Waals surface area contributed by atoms with Crippen LogP contribution in [0.1, 0.15) is 23.0 Å². The van der Waals surface area contributed by atoms with Crippen molar-refractivity contribution in [3.63, 3.8) is 0 Å². The fraction of sp³-hybridized carbons (Fsp3) is 0.545. The lowest BCUT2D eigenvalue weighted by Gasteiger charge is -2.34. The van der Waals surface area contributed by atoms with Crippen LogP contribution in [0.15, 0.2) is 12.3 Å². The predicted molar refractivity (Wildman–Crippen MR) is 66.1 cm³/mol. The van der Waals surface area contributed by atoms with Crippen LogP contribution in [0.5, 0.6) is 0 Å². The highest BCUT2D eigenvalue weighted by Crippen LogP contribution is 2.12. The van der Waals surface area contributed by atoms with E-state index in [2.05, 4.69) is 17.2 Å². The van der Waals surface area contributed by atoms with Crippen LogP contribution in [-0.4, -0.2) is 41.5 Å². The Morgan fingerprint density at radius 1 is 1.56 bits per heavy atom. The summed E-state index contributed by atoms with van der Waals surface area (Å²) in [5.74, 6) is 0.141. The van der Waals surface area contributed by atoms with Gasteiger partial charge in [-0.05, 0) is 19.9 Å². The Labute approximate surface area is 102 Å². The smallest absolute Gasteiger partial charge is 0.255 e. The van der Waals surface area contributed by atoms with E-state index in [1.165, 1.54) is 0 Å². The van der Waals surface area contributed by atoms with Crippen molar-refractivity contribution in [1.82, 2.24) is 15.2 Å². The summed E-state index contributed by atoms with van der Waals surface area (Å²) in [5.41, 5.74) is 1.74. The molecule has 0 unspecified atom stereocenters. The minimum absolute atomic E-state index is 0. The lowest BCUT2D eigenvalue weighted by atomic mass is 10.1. The SMILES string of the molecule is Cc1[nH]ccc1C(=O)N1CCNC[C@H]1C.Cl. The fourth-order valence-corrected chi connectivity index (χ4v) is 1.98. The maximum Gasteiger partial charge on any atom is 0.255 e. The highest BCUT2D eigenvalue weighted by molar-refractivity contribution is 5.95. The van der Waals surface area contributed by atoms with Crippen molar-refractivity contribution in [3.05, 3.63) is 23.5 Å². The van der Waals surface area contributed by atoms with Crippen molar-refractivity contribution in [2.45, 2.75) is 19.9 Å². The van der Waals surface area contributed by atoms with Crippen molar-refractivity contribution in [2.24, 2.45) is 0 Å². The number of nitrogens with one attached hydrogen (secondary N) is 2. The van der Waals surface area contributed by atoms with Crippen LogP contribution < -0.4 is 5.32 Å². The van der Waals surface area contributed by atoms with Crippen molar-refractivity contribution >= 4 is 18.3 Å². The third kappa shape index (κ3) is 2.39. The number of hydrogen-bond donors (Lipinski definition) is 2. The van der Waals surface area contributed by atoms with Crippen LogP contribution in [-0.2, 0) is 0 Å². The van der Waals surface area contributed by atoms with Crippen LogP contribution in [0.2, 0.25) is 0 Å². The van der Waals surface area contributed by atoms with Gasteiger partial charge in [0, 0.05) is 37.6 Å². The standard InChI is InChI=1S/C11H17N3O.ClH/c1-8-7-12-5-6-14(8)11(15)10-3-4-13-9(10)2;/h3-4,8,12-13H,5-7H2,1-2H3;1H/t8-;/m1./s1. The summed E-state index contributed by atoms with van der Waals surface area (Å²) < 4.78 is 0. The van der Waals surface area contributed by atoms with Gasteiger partial charge in [0.15, 0.2) is 0 Å². The molecule has 0 saturated carbocycles. The van der Waals surface area contributed by atoms with E-state index in [1.54, 1.807) is 0 Å². The quantitative estimate of drug-likeness (QED) is 0.778. The molecule has 1 aliphatic heterocycles.